The second-order valence-corrected chi connectivity index (χ2v) is 3.97. The summed E-state index contributed by atoms with van der Waals surface area (Å²) in [6.07, 6.45) is 8.26. The van der Waals surface area contributed by atoms with Gasteiger partial charge in [0, 0.05) is 13.2 Å². The number of unbranched alkanes of at least 4 members (excludes halogenated alkanes) is 1. The first-order chi connectivity index (χ1) is 6.38. The first-order valence-corrected chi connectivity index (χ1v) is 5.64. The van der Waals surface area contributed by atoms with Crippen molar-refractivity contribution in [3.63, 3.8) is 0 Å². The van der Waals surface area contributed by atoms with E-state index in [2.05, 4.69) is 12.2 Å². The molecular weight excluding hydrogens is 162 g/mol. The standard InChI is InChI=1S/C11H23NO/c1-3-4-9-12-10-7-5-6-8-11(10)13-2/h10-12H,3-9H2,1-2H3/t10-,11?/m1/s1. The first-order valence-electron chi connectivity index (χ1n) is 5.64. The van der Waals surface area contributed by atoms with Gasteiger partial charge in [0.1, 0.15) is 0 Å². The zero-order valence-corrected chi connectivity index (χ0v) is 9.01. The highest BCUT2D eigenvalue weighted by molar-refractivity contribution is 4.81. The maximum atomic E-state index is 5.47. The Hall–Kier alpha value is -0.0800. The summed E-state index contributed by atoms with van der Waals surface area (Å²) in [6.45, 7) is 3.39. The van der Waals surface area contributed by atoms with E-state index in [0.717, 1.165) is 6.54 Å². The van der Waals surface area contributed by atoms with Crippen LogP contribution in [0.2, 0.25) is 0 Å². The smallest absolute Gasteiger partial charge is 0.0724 e. The van der Waals surface area contributed by atoms with Crippen molar-refractivity contribution in [3.8, 4) is 0 Å². The van der Waals surface area contributed by atoms with Gasteiger partial charge in [-0.25, -0.2) is 0 Å². The minimum Gasteiger partial charge on any atom is -0.380 e. The van der Waals surface area contributed by atoms with Crippen molar-refractivity contribution >= 4 is 0 Å². The van der Waals surface area contributed by atoms with E-state index in [-0.39, 0.29) is 0 Å². The molecule has 1 fully saturated rings. The van der Waals surface area contributed by atoms with E-state index in [1.165, 1.54) is 38.5 Å². The van der Waals surface area contributed by atoms with Crippen molar-refractivity contribution in [1.82, 2.24) is 5.32 Å². The van der Waals surface area contributed by atoms with Gasteiger partial charge in [0.2, 0.25) is 0 Å². The molecule has 1 saturated carbocycles. The Morgan fingerprint density at radius 1 is 1.31 bits per heavy atom. The molecule has 1 unspecified atom stereocenters. The number of ether oxygens (including phenoxy) is 1. The molecule has 0 aromatic rings. The average Bonchev–Trinajstić information content (AvgIpc) is 2.19. The molecule has 0 bridgehead atoms. The number of rotatable bonds is 5. The lowest BCUT2D eigenvalue weighted by molar-refractivity contribution is 0.0419. The van der Waals surface area contributed by atoms with Crippen molar-refractivity contribution in [2.75, 3.05) is 13.7 Å². The summed E-state index contributed by atoms with van der Waals surface area (Å²) >= 11 is 0. The second-order valence-electron chi connectivity index (χ2n) is 3.97. The summed E-state index contributed by atoms with van der Waals surface area (Å²) in [7, 11) is 1.84. The largest absolute Gasteiger partial charge is 0.380 e. The highest BCUT2D eigenvalue weighted by atomic mass is 16.5. The fraction of sp³-hybridized carbons (Fsp3) is 1.00. The van der Waals surface area contributed by atoms with Crippen LogP contribution in [-0.2, 0) is 4.74 Å². The maximum absolute atomic E-state index is 5.47. The van der Waals surface area contributed by atoms with Crippen LogP contribution in [0.1, 0.15) is 45.4 Å². The van der Waals surface area contributed by atoms with Gasteiger partial charge < -0.3 is 10.1 Å². The molecule has 0 aromatic heterocycles. The van der Waals surface area contributed by atoms with Gasteiger partial charge in [-0.3, -0.25) is 0 Å². The van der Waals surface area contributed by atoms with Gasteiger partial charge in [-0.15, -0.1) is 0 Å². The van der Waals surface area contributed by atoms with Crippen molar-refractivity contribution in [2.45, 2.75) is 57.6 Å². The van der Waals surface area contributed by atoms with Crippen LogP contribution in [-0.4, -0.2) is 25.8 Å². The quantitative estimate of drug-likeness (QED) is 0.664. The van der Waals surface area contributed by atoms with Gasteiger partial charge in [-0.1, -0.05) is 26.2 Å². The highest BCUT2D eigenvalue weighted by Gasteiger charge is 2.23. The molecule has 78 valence electrons. The van der Waals surface area contributed by atoms with Crippen LogP contribution in [0.5, 0.6) is 0 Å². The monoisotopic (exact) mass is 185 g/mol. The fourth-order valence-electron chi connectivity index (χ4n) is 2.08. The lowest BCUT2D eigenvalue weighted by Crippen LogP contribution is -2.43. The summed E-state index contributed by atoms with van der Waals surface area (Å²) in [5, 5.41) is 3.60. The van der Waals surface area contributed by atoms with E-state index < -0.39 is 0 Å². The number of hydrogen-bond acceptors (Lipinski definition) is 2. The van der Waals surface area contributed by atoms with Crippen LogP contribution in [0.25, 0.3) is 0 Å². The van der Waals surface area contributed by atoms with E-state index in [1.807, 2.05) is 7.11 Å². The van der Waals surface area contributed by atoms with Gasteiger partial charge in [-0.05, 0) is 25.8 Å². The Morgan fingerprint density at radius 3 is 2.77 bits per heavy atom. The van der Waals surface area contributed by atoms with Crippen molar-refractivity contribution in [3.05, 3.63) is 0 Å². The highest BCUT2D eigenvalue weighted by Crippen LogP contribution is 2.20. The molecule has 1 aliphatic carbocycles. The normalized spacial score (nSPS) is 29.1. The molecule has 0 spiro atoms. The molecule has 2 nitrogen and oxygen atoms in total. The molecule has 0 aliphatic heterocycles. The van der Waals surface area contributed by atoms with Crippen LogP contribution in [0.3, 0.4) is 0 Å². The van der Waals surface area contributed by atoms with Crippen LogP contribution in [0, 0.1) is 0 Å². The third kappa shape index (κ3) is 3.65. The lowest BCUT2D eigenvalue weighted by atomic mass is 9.92. The molecule has 13 heavy (non-hydrogen) atoms. The fourth-order valence-corrected chi connectivity index (χ4v) is 2.08. The van der Waals surface area contributed by atoms with Crippen LogP contribution in [0.15, 0.2) is 0 Å². The summed E-state index contributed by atoms with van der Waals surface area (Å²) in [4.78, 5) is 0. The summed E-state index contributed by atoms with van der Waals surface area (Å²) < 4.78 is 5.47. The maximum Gasteiger partial charge on any atom is 0.0724 e. The first kappa shape index (κ1) is 11.0. The average molecular weight is 185 g/mol. The molecule has 0 saturated heterocycles. The van der Waals surface area contributed by atoms with Gasteiger partial charge >= 0.3 is 0 Å². The van der Waals surface area contributed by atoms with E-state index in [9.17, 15) is 0 Å². The Balaban J connectivity index is 2.19. The van der Waals surface area contributed by atoms with Crippen molar-refractivity contribution < 1.29 is 4.74 Å². The van der Waals surface area contributed by atoms with E-state index in [4.69, 9.17) is 4.74 Å². The molecule has 2 atom stereocenters. The predicted octanol–water partition coefficient (Wildman–Crippen LogP) is 2.33. The number of nitrogens with one attached hydrogen (secondary N) is 1. The van der Waals surface area contributed by atoms with Gasteiger partial charge in [0.25, 0.3) is 0 Å². The third-order valence-electron chi connectivity index (χ3n) is 2.94. The Bertz CT molecular complexity index is 127. The molecular formula is C11H23NO. The molecule has 1 rings (SSSR count). The van der Waals surface area contributed by atoms with E-state index in [1.54, 1.807) is 0 Å². The van der Waals surface area contributed by atoms with Gasteiger partial charge in [0.15, 0.2) is 0 Å². The molecule has 2 heteroatoms. The van der Waals surface area contributed by atoms with Crippen LogP contribution >= 0.6 is 0 Å². The summed E-state index contributed by atoms with van der Waals surface area (Å²) in [6, 6.07) is 0.616. The molecule has 1 N–H and O–H groups in total. The van der Waals surface area contributed by atoms with E-state index >= 15 is 0 Å². The molecule has 0 aromatic carbocycles. The number of methoxy groups -OCH3 is 1. The van der Waals surface area contributed by atoms with Gasteiger partial charge in [-0.2, -0.15) is 0 Å². The van der Waals surface area contributed by atoms with Crippen molar-refractivity contribution in [2.24, 2.45) is 0 Å². The van der Waals surface area contributed by atoms with Gasteiger partial charge in [0.05, 0.1) is 6.10 Å². The SMILES string of the molecule is CCCCN[C@@H]1CCCCC1OC. The molecule has 0 heterocycles. The minimum absolute atomic E-state index is 0.464. The third-order valence-corrected chi connectivity index (χ3v) is 2.94. The van der Waals surface area contributed by atoms with Crippen LogP contribution in [0.4, 0.5) is 0 Å². The van der Waals surface area contributed by atoms with Crippen LogP contribution < -0.4 is 5.32 Å². The Kier molecular flexibility index (Phi) is 5.40. The zero-order chi connectivity index (χ0) is 9.52. The Morgan fingerprint density at radius 2 is 2.08 bits per heavy atom. The lowest BCUT2D eigenvalue weighted by Gasteiger charge is -2.31. The zero-order valence-electron chi connectivity index (χ0n) is 9.01. The molecule has 0 amide bonds. The van der Waals surface area contributed by atoms with E-state index in [0.29, 0.717) is 12.1 Å². The minimum atomic E-state index is 0.464. The second kappa shape index (κ2) is 6.39. The summed E-state index contributed by atoms with van der Waals surface area (Å²) in [5.41, 5.74) is 0. The number of hydrogen-bond donors (Lipinski definition) is 1. The van der Waals surface area contributed by atoms with Crippen molar-refractivity contribution in [1.29, 1.82) is 0 Å². The predicted molar refractivity (Wildman–Crippen MR) is 56.0 cm³/mol. The molecule has 1 aliphatic rings. The Labute approximate surface area is 82.0 Å². The summed E-state index contributed by atoms with van der Waals surface area (Å²) in [5.74, 6) is 0. The topological polar surface area (TPSA) is 21.3 Å². The molecule has 0 radical (unpaired) electrons.